The number of allylic oxidation sites excluding steroid dienone is 2. The highest BCUT2D eigenvalue weighted by Gasteiger charge is 2.39. The first-order valence-electron chi connectivity index (χ1n) is 7.28. The molecule has 0 fully saturated rings. The predicted octanol–water partition coefficient (Wildman–Crippen LogP) is 2.53. The molecule has 5 N–H and O–H groups in total. The van der Waals surface area contributed by atoms with E-state index in [1.165, 1.54) is 0 Å². The Hall–Kier alpha value is -2.62. The lowest BCUT2D eigenvalue weighted by molar-refractivity contribution is 0.293. The quantitative estimate of drug-likeness (QED) is 0.749. The standard InChI is InChI=1S/C18H21N3O/c1-18-7-6-14(22-2)10-16(18)15(11-21-18)17(20)9-12-4-3-5-13(19)8-12/h3-11,16,21H,19-20H2,1-2H3/b17-9-. The molecule has 4 heteroatoms. The van der Waals surface area contributed by atoms with Crippen LogP contribution in [0.15, 0.2) is 65.7 Å². The minimum Gasteiger partial charge on any atom is -0.497 e. The Bertz CT molecular complexity index is 715. The van der Waals surface area contributed by atoms with E-state index in [9.17, 15) is 0 Å². The van der Waals surface area contributed by atoms with Crippen molar-refractivity contribution in [3.63, 3.8) is 0 Å². The smallest absolute Gasteiger partial charge is 0.115 e. The van der Waals surface area contributed by atoms with Gasteiger partial charge in [-0.2, -0.15) is 0 Å². The van der Waals surface area contributed by atoms with Gasteiger partial charge >= 0.3 is 0 Å². The number of methoxy groups -OCH3 is 1. The van der Waals surface area contributed by atoms with E-state index in [0.717, 1.165) is 28.3 Å². The Morgan fingerprint density at radius 3 is 2.95 bits per heavy atom. The van der Waals surface area contributed by atoms with E-state index in [2.05, 4.69) is 24.4 Å². The van der Waals surface area contributed by atoms with Gasteiger partial charge in [-0.05, 0) is 42.8 Å². The zero-order valence-electron chi connectivity index (χ0n) is 12.8. The van der Waals surface area contributed by atoms with Gasteiger partial charge in [-0.15, -0.1) is 0 Å². The van der Waals surface area contributed by atoms with Crippen molar-refractivity contribution in [2.24, 2.45) is 11.7 Å². The van der Waals surface area contributed by atoms with Crippen LogP contribution in [-0.2, 0) is 4.74 Å². The van der Waals surface area contributed by atoms with Gasteiger partial charge in [0.15, 0.2) is 0 Å². The second-order valence-corrected chi connectivity index (χ2v) is 5.88. The van der Waals surface area contributed by atoms with Crippen molar-refractivity contribution in [1.82, 2.24) is 5.32 Å². The third kappa shape index (κ3) is 2.48. The molecule has 4 nitrogen and oxygen atoms in total. The molecule has 3 rings (SSSR count). The van der Waals surface area contributed by atoms with Gasteiger partial charge in [-0.3, -0.25) is 0 Å². The van der Waals surface area contributed by atoms with Gasteiger partial charge in [0.05, 0.1) is 12.6 Å². The molecule has 0 aromatic heterocycles. The van der Waals surface area contributed by atoms with E-state index in [1.54, 1.807) is 7.11 Å². The number of anilines is 1. The molecule has 1 aromatic rings. The van der Waals surface area contributed by atoms with Gasteiger partial charge in [-0.25, -0.2) is 0 Å². The molecular weight excluding hydrogens is 274 g/mol. The topological polar surface area (TPSA) is 73.3 Å². The molecule has 0 radical (unpaired) electrons. The lowest BCUT2D eigenvalue weighted by Gasteiger charge is -2.32. The summed E-state index contributed by atoms with van der Waals surface area (Å²) >= 11 is 0. The van der Waals surface area contributed by atoms with Crippen molar-refractivity contribution in [2.45, 2.75) is 12.5 Å². The highest BCUT2D eigenvalue weighted by Crippen LogP contribution is 2.39. The predicted molar refractivity (Wildman–Crippen MR) is 90.4 cm³/mol. The molecule has 0 saturated carbocycles. The van der Waals surface area contributed by atoms with Crippen LogP contribution in [0.3, 0.4) is 0 Å². The average molecular weight is 295 g/mol. The number of nitrogens with one attached hydrogen (secondary N) is 1. The van der Waals surface area contributed by atoms with Gasteiger partial charge in [0.1, 0.15) is 5.76 Å². The summed E-state index contributed by atoms with van der Waals surface area (Å²) in [5.41, 5.74) is 15.5. The van der Waals surface area contributed by atoms with Crippen molar-refractivity contribution in [2.75, 3.05) is 12.8 Å². The number of benzene rings is 1. The lowest BCUT2D eigenvalue weighted by Crippen LogP contribution is -2.41. The first kappa shape index (κ1) is 14.3. The molecule has 0 bridgehead atoms. The van der Waals surface area contributed by atoms with Gasteiger partial charge in [0.25, 0.3) is 0 Å². The van der Waals surface area contributed by atoms with Crippen LogP contribution in [0.5, 0.6) is 0 Å². The Labute approximate surface area is 130 Å². The van der Waals surface area contributed by atoms with E-state index in [0.29, 0.717) is 0 Å². The molecule has 1 aromatic carbocycles. The number of fused-ring (bicyclic) bond motifs is 1. The summed E-state index contributed by atoms with van der Waals surface area (Å²) in [7, 11) is 1.68. The summed E-state index contributed by atoms with van der Waals surface area (Å²) in [5.74, 6) is 0.999. The fraction of sp³-hybridized carbons (Fsp3) is 0.222. The number of hydrogen-bond donors (Lipinski definition) is 3. The number of ether oxygens (including phenoxy) is 1. The Morgan fingerprint density at radius 1 is 1.41 bits per heavy atom. The molecule has 0 amide bonds. The molecule has 114 valence electrons. The fourth-order valence-corrected chi connectivity index (χ4v) is 2.94. The summed E-state index contributed by atoms with van der Waals surface area (Å²) in [6.07, 6.45) is 10.1. The minimum atomic E-state index is -0.161. The number of nitrogen functional groups attached to an aromatic ring is 1. The van der Waals surface area contributed by atoms with E-state index in [4.69, 9.17) is 16.2 Å². The second kappa shape index (κ2) is 5.30. The van der Waals surface area contributed by atoms with Gasteiger partial charge in [-0.1, -0.05) is 18.2 Å². The SMILES string of the molecule is COC1=CC2C(/C(N)=C/c3cccc(N)c3)=CNC2(C)C=C1. The molecule has 22 heavy (non-hydrogen) atoms. The monoisotopic (exact) mass is 295 g/mol. The first-order chi connectivity index (χ1) is 10.5. The molecule has 1 aliphatic carbocycles. The normalized spacial score (nSPS) is 26.8. The zero-order chi connectivity index (χ0) is 15.7. The second-order valence-electron chi connectivity index (χ2n) is 5.88. The summed E-state index contributed by atoms with van der Waals surface area (Å²) < 4.78 is 5.35. The van der Waals surface area contributed by atoms with E-state index >= 15 is 0 Å². The number of hydrogen-bond acceptors (Lipinski definition) is 4. The van der Waals surface area contributed by atoms with Crippen molar-refractivity contribution in [3.8, 4) is 0 Å². The van der Waals surface area contributed by atoms with Crippen LogP contribution in [0.4, 0.5) is 5.69 Å². The van der Waals surface area contributed by atoms with Gasteiger partial charge < -0.3 is 21.5 Å². The summed E-state index contributed by atoms with van der Waals surface area (Å²) in [6, 6.07) is 7.68. The molecular formula is C18H21N3O. The summed E-state index contributed by atoms with van der Waals surface area (Å²) in [4.78, 5) is 0. The van der Waals surface area contributed by atoms with Crippen LogP contribution in [0.2, 0.25) is 0 Å². The highest BCUT2D eigenvalue weighted by molar-refractivity contribution is 5.63. The van der Waals surface area contributed by atoms with Crippen LogP contribution in [-0.4, -0.2) is 12.6 Å². The van der Waals surface area contributed by atoms with Crippen molar-refractivity contribution in [3.05, 3.63) is 71.3 Å². The molecule has 2 unspecified atom stereocenters. The third-order valence-electron chi connectivity index (χ3n) is 4.25. The van der Waals surface area contributed by atoms with Crippen LogP contribution >= 0.6 is 0 Å². The molecule has 2 aliphatic rings. The van der Waals surface area contributed by atoms with Crippen molar-refractivity contribution >= 4 is 11.8 Å². The lowest BCUT2D eigenvalue weighted by atomic mass is 9.79. The first-order valence-corrected chi connectivity index (χ1v) is 7.28. The molecule has 1 heterocycles. The molecule has 0 saturated heterocycles. The van der Waals surface area contributed by atoms with Crippen LogP contribution in [0.25, 0.3) is 6.08 Å². The van der Waals surface area contributed by atoms with E-state index < -0.39 is 0 Å². The Balaban J connectivity index is 1.92. The molecule has 0 spiro atoms. The van der Waals surface area contributed by atoms with E-state index in [-0.39, 0.29) is 11.5 Å². The minimum absolute atomic E-state index is 0.143. The van der Waals surface area contributed by atoms with Crippen LogP contribution < -0.4 is 16.8 Å². The van der Waals surface area contributed by atoms with Gasteiger partial charge in [0, 0.05) is 29.1 Å². The summed E-state index contributed by atoms with van der Waals surface area (Å²) in [6.45, 7) is 2.15. The van der Waals surface area contributed by atoms with Crippen LogP contribution in [0.1, 0.15) is 12.5 Å². The van der Waals surface area contributed by atoms with E-state index in [1.807, 2.05) is 42.6 Å². The number of rotatable bonds is 3. The van der Waals surface area contributed by atoms with Crippen molar-refractivity contribution < 1.29 is 4.74 Å². The van der Waals surface area contributed by atoms with Gasteiger partial charge in [0.2, 0.25) is 0 Å². The van der Waals surface area contributed by atoms with Crippen LogP contribution in [0, 0.1) is 5.92 Å². The maximum Gasteiger partial charge on any atom is 0.115 e. The highest BCUT2D eigenvalue weighted by atomic mass is 16.5. The molecule has 1 aliphatic heterocycles. The maximum atomic E-state index is 6.33. The Kier molecular flexibility index (Phi) is 3.45. The Morgan fingerprint density at radius 2 is 2.23 bits per heavy atom. The zero-order valence-corrected chi connectivity index (χ0v) is 12.8. The maximum absolute atomic E-state index is 6.33. The fourth-order valence-electron chi connectivity index (χ4n) is 2.94. The third-order valence-corrected chi connectivity index (χ3v) is 4.25. The number of nitrogens with two attached hydrogens (primary N) is 2. The summed E-state index contributed by atoms with van der Waals surface area (Å²) in [5, 5.41) is 3.41. The molecule has 2 atom stereocenters. The van der Waals surface area contributed by atoms with Crippen molar-refractivity contribution in [1.29, 1.82) is 0 Å². The average Bonchev–Trinajstić information content (AvgIpc) is 2.83. The largest absolute Gasteiger partial charge is 0.497 e.